The van der Waals surface area contributed by atoms with Crippen molar-refractivity contribution in [2.24, 2.45) is 0 Å². The molecule has 0 aromatic heterocycles. The molecule has 0 aliphatic carbocycles. The summed E-state index contributed by atoms with van der Waals surface area (Å²) in [5, 5.41) is 0.336. The predicted molar refractivity (Wildman–Crippen MR) is 150 cm³/mol. The van der Waals surface area contributed by atoms with Gasteiger partial charge in [-0.15, -0.1) is 0 Å². The maximum atomic E-state index is 12.9. The van der Waals surface area contributed by atoms with Crippen LogP contribution < -0.4 is 14.2 Å². The van der Waals surface area contributed by atoms with Gasteiger partial charge in [-0.25, -0.2) is 0 Å². The second-order valence-corrected chi connectivity index (χ2v) is 10.5. The van der Waals surface area contributed by atoms with Crippen molar-refractivity contribution >= 4 is 56.5 Å². The number of hydrogen-bond donors (Lipinski definition) is 0. The molecule has 9 heteroatoms. The minimum atomic E-state index is -0.348. The first-order chi connectivity index (χ1) is 17.8. The standard InChI is InChI=1S/C28H25BrClNO5S/c1-3-34-24-15-20(14-23(29)26(24)36-17-19-6-8-21(30)9-7-19)16-25-27(32)31(28(33)37-25)12-13-35-22-10-4-18(2)5-11-22/h4-11,14-16H,3,12-13,17H2,1-2H3/b25-16-. The van der Waals surface area contributed by atoms with Crippen LogP contribution in [-0.4, -0.2) is 35.8 Å². The van der Waals surface area contributed by atoms with Crippen LogP contribution in [0.25, 0.3) is 6.08 Å². The zero-order chi connectivity index (χ0) is 26.4. The lowest BCUT2D eigenvalue weighted by Gasteiger charge is -2.15. The molecule has 4 rings (SSSR count). The summed E-state index contributed by atoms with van der Waals surface area (Å²) in [6.45, 7) is 5.03. The molecule has 1 aliphatic rings. The van der Waals surface area contributed by atoms with E-state index >= 15 is 0 Å². The molecular formula is C28H25BrClNO5S. The Balaban J connectivity index is 1.45. The van der Waals surface area contributed by atoms with Gasteiger partial charge in [0.2, 0.25) is 0 Å². The fourth-order valence-electron chi connectivity index (χ4n) is 3.54. The van der Waals surface area contributed by atoms with E-state index in [4.69, 9.17) is 25.8 Å². The Morgan fingerprint density at radius 3 is 2.43 bits per heavy atom. The average Bonchev–Trinajstić information content (AvgIpc) is 3.13. The number of imide groups is 1. The van der Waals surface area contributed by atoms with Crippen LogP contribution in [-0.2, 0) is 11.4 Å². The van der Waals surface area contributed by atoms with E-state index in [1.54, 1.807) is 12.1 Å². The number of halogens is 2. The molecule has 2 amide bonds. The number of rotatable bonds is 10. The average molecular weight is 603 g/mol. The summed E-state index contributed by atoms with van der Waals surface area (Å²) in [5.74, 6) is 1.43. The lowest BCUT2D eigenvalue weighted by molar-refractivity contribution is -0.123. The molecule has 6 nitrogen and oxygen atoms in total. The molecule has 0 radical (unpaired) electrons. The predicted octanol–water partition coefficient (Wildman–Crippen LogP) is 7.50. The molecule has 1 fully saturated rings. The molecule has 0 N–H and O–H groups in total. The highest BCUT2D eigenvalue weighted by Crippen LogP contribution is 2.39. The molecule has 37 heavy (non-hydrogen) atoms. The topological polar surface area (TPSA) is 65.1 Å². The summed E-state index contributed by atoms with van der Waals surface area (Å²) in [6, 6.07) is 18.6. The molecule has 1 saturated heterocycles. The molecule has 192 valence electrons. The van der Waals surface area contributed by atoms with Gasteiger partial charge in [-0.05, 0) is 95.1 Å². The highest BCUT2D eigenvalue weighted by molar-refractivity contribution is 9.10. The Morgan fingerprint density at radius 2 is 1.73 bits per heavy atom. The second-order valence-electron chi connectivity index (χ2n) is 8.17. The molecular weight excluding hydrogens is 578 g/mol. The van der Waals surface area contributed by atoms with Gasteiger partial charge < -0.3 is 14.2 Å². The van der Waals surface area contributed by atoms with Gasteiger partial charge in [0.25, 0.3) is 11.1 Å². The number of hydrogen-bond acceptors (Lipinski definition) is 6. The smallest absolute Gasteiger partial charge is 0.293 e. The van der Waals surface area contributed by atoms with E-state index < -0.39 is 0 Å². The zero-order valence-corrected chi connectivity index (χ0v) is 23.5. The number of nitrogens with zero attached hydrogens (tertiary/aromatic N) is 1. The van der Waals surface area contributed by atoms with Gasteiger partial charge >= 0.3 is 0 Å². The first-order valence-electron chi connectivity index (χ1n) is 11.6. The fourth-order valence-corrected chi connectivity index (χ4v) is 5.11. The maximum absolute atomic E-state index is 12.9. The van der Waals surface area contributed by atoms with Crippen LogP contribution in [0.2, 0.25) is 5.02 Å². The number of benzene rings is 3. The lowest BCUT2D eigenvalue weighted by atomic mass is 10.1. The van der Waals surface area contributed by atoms with Gasteiger partial charge in [0.15, 0.2) is 11.5 Å². The van der Waals surface area contributed by atoms with E-state index in [0.717, 1.165) is 22.9 Å². The van der Waals surface area contributed by atoms with Crippen LogP contribution in [0.4, 0.5) is 4.79 Å². The van der Waals surface area contributed by atoms with Crippen molar-refractivity contribution in [3.8, 4) is 17.2 Å². The number of aryl methyl sites for hydroxylation is 1. The number of carbonyl (C=O) groups is 2. The molecule has 3 aromatic carbocycles. The SMILES string of the molecule is CCOc1cc(/C=C2\SC(=O)N(CCOc3ccc(C)cc3)C2=O)cc(Br)c1OCc1ccc(Cl)cc1. The van der Waals surface area contributed by atoms with E-state index in [9.17, 15) is 9.59 Å². The van der Waals surface area contributed by atoms with Gasteiger partial charge in [-0.3, -0.25) is 14.5 Å². The Bertz CT molecular complexity index is 1310. The van der Waals surface area contributed by atoms with Crippen molar-refractivity contribution < 1.29 is 23.8 Å². The largest absolute Gasteiger partial charge is 0.492 e. The Kier molecular flexibility index (Phi) is 9.18. The van der Waals surface area contributed by atoms with Gasteiger partial charge in [-0.2, -0.15) is 0 Å². The summed E-state index contributed by atoms with van der Waals surface area (Å²) in [4.78, 5) is 27.0. The molecule has 0 bridgehead atoms. The molecule has 3 aromatic rings. The minimum Gasteiger partial charge on any atom is -0.492 e. The lowest BCUT2D eigenvalue weighted by Crippen LogP contribution is -2.32. The van der Waals surface area contributed by atoms with Gasteiger partial charge in [0.1, 0.15) is 19.0 Å². The fraction of sp³-hybridized carbons (Fsp3) is 0.214. The monoisotopic (exact) mass is 601 g/mol. The Morgan fingerprint density at radius 1 is 1.00 bits per heavy atom. The van der Waals surface area contributed by atoms with Gasteiger partial charge in [0, 0.05) is 5.02 Å². The van der Waals surface area contributed by atoms with Crippen molar-refractivity contribution in [2.75, 3.05) is 19.8 Å². The Labute approximate surface area is 233 Å². The molecule has 1 heterocycles. The van der Waals surface area contributed by atoms with E-state index in [0.29, 0.717) is 50.4 Å². The van der Waals surface area contributed by atoms with E-state index in [1.807, 2.05) is 68.4 Å². The van der Waals surface area contributed by atoms with E-state index in [-0.39, 0.29) is 24.3 Å². The third-order valence-electron chi connectivity index (χ3n) is 5.40. The quantitative estimate of drug-likeness (QED) is 0.224. The summed E-state index contributed by atoms with van der Waals surface area (Å²) in [7, 11) is 0. The van der Waals surface area contributed by atoms with Crippen molar-refractivity contribution in [1.29, 1.82) is 0 Å². The van der Waals surface area contributed by atoms with Crippen LogP contribution in [0.5, 0.6) is 17.2 Å². The molecule has 0 saturated carbocycles. The summed E-state index contributed by atoms with van der Waals surface area (Å²) in [5.41, 5.74) is 2.79. The van der Waals surface area contributed by atoms with Crippen LogP contribution >= 0.6 is 39.3 Å². The van der Waals surface area contributed by atoms with Crippen LogP contribution in [0.15, 0.2) is 70.0 Å². The van der Waals surface area contributed by atoms with Crippen molar-refractivity contribution in [3.05, 3.63) is 91.8 Å². The van der Waals surface area contributed by atoms with Gasteiger partial charge in [0.05, 0.1) is 22.5 Å². The molecule has 0 unspecified atom stereocenters. The van der Waals surface area contributed by atoms with Crippen LogP contribution in [0.1, 0.15) is 23.6 Å². The third kappa shape index (κ3) is 7.09. The van der Waals surface area contributed by atoms with E-state index in [1.165, 1.54) is 4.90 Å². The molecule has 1 aliphatic heterocycles. The minimum absolute atomic E-state index is 0.168. The van der Waals surface area contributed by atoms with Crippen molar-refractivity contribution in [2.45, 2.75) is 20.5 Å². The number of thioether (sulfide) groups is 1. The molecule has 0 spiro atoms. The van der Waals surface area contributed by atoms with Crippen LogP contribution in [0.3, 0.4) is 0 Å². The van der Waals surface area contributed by atoms with Crippen LogP contribution in [0, 0.1) is 6.92 Å². The highest BCUT2D eigenvalue weighted by Gasteiger charge is 2.35. The summed E-state index contributed by atoms with van der Waals surface area (Å²) in [6.07, 6.45) is 1.68. The second kappa shape index (κ2) is 12.5. The maximum Gasteiger partial charge on any atom is 0.293 e. The van der Waals surface area contributed by atoms with E-state index in [2.05, 4.69) is 15.9 Å². The van der Waals surface area contributed by atoms with Crippen molar-refractivity contribution in [3.63, 3.8) is 0 Å². The summed E-state index contributed by atoms with van der Waals surface area (Å²) >= 11 is 10.4. The normalized spacial score (nSPS) is 14.4. The van der Waals surface area contributed by atoms with Gasteiger partial charge in [-0.1, -0.05) is 41.4 Å². The Hall–Kier alpha value is -2.94. The summed E-state index contributed by atoms with van der Waals surface area (Å²) < 4.78 is 18.2. The number of ether oxygens (including phenoxy) is 3. The zero-order valence-electron chi connectivity index (χ0n) is 20.3. The first-order valence-corrected chi connectivity index (χ1v) is 13.6. The molecule has 0 atom stereocenters. The first kappa shape index (κ1) is 27.1. The highest BCUT2D eigenvalue weighted by atomic mass is 79.9. The van der Waals surface area contributed by atoms with Crippen molar-refractivity contribution in [1.82, 2.24) is 4.90 Å². The third-order valence-corrected chi connectivity index (χ3v) is 7.15. The number of amides is 2. The number of carbonyl (C=O) groups excluding carboxylic acids is 2.